The van der Waals surface area contributed by atoms with Crippen molar-refractivity contribution in [1.82, 2.24) is 4.90 Å². The Labute approximate surface area is 164 Å². The molecule has 0 unspecified atom stereocenters. The van der Waals surface area contributed by atoms with Crippen molar-refractivity contribution in [2.75, 3.05) is 26.3 Å². The van der Waals surface area contributed by atoms with Gasteiger partial charge >= 0.3 is 0 Å². The molecular formula is C17H19AuNO2S2-2. The van der Waals surface area contributed by atoms with E-state index in [0.29, 0.717) is 26.3 Å². The van der Waals surface area contributed by atoms with E-state index in [0.717, 1.165) is 11.5 Å². The van der Waals surface area contributed by atoms with Crippen LogP contribution in [0.4, 0.5) is 0 Å². The van der Waals surface area contributed by atoms with Crippen molar-refractivity contribution in [3.05, 3.63) is 60.7 Å². The summed E-state index contributed by atoms with van der Waals surface area (Å²) in [5, 5.41) is 0. The van der Waals surface area contributed by atoms with Gasteiger partial charge in [-0.1, -0.05) is 36.4 Å². The number of para-hydroxylation sites is 2. The maximum atomic E-state index is 5.68. The smallest absolute Gasteiger partial charge is 0.119 e. The Bertz CT molecular complexity index is 483. The molecule has 2 aromatic carbocycles. The predicted molar refractivity (Wildman–Crippen MR) is 94.0 cm³/mol. The number of rotatable bonds is 9. The van der Waals surface area contributed by atoms with Gasteiger partial charge in [0.15, 0.2) is 0 Å². The third kappa shape index (κ3) is 8.20. The van der Waals surface area contributed by atoms with Gasteiger partial charge in [-0.3, -0.25) is 0 Å². The predicted octanol–water partition coefficient (Wildman–Crippen LogP) is 2.82. The van der Waals surface area contributed by atoms with E-state index in [1.165, 1.54) is 0 Å². The first kappa shape index (κ1) is 20.5. The van der Waals surface area contributed by atoms with Crippen molar-refractivity contribution in [3.63, 3.8) is 0 Å². The topological polar surface area (TPSA) is 21.7 Å². The summed E-state index contributed by atoms with van der Waals surface area (Å²) in [5.74, 6) is 1.71. The molecule has 0 saturated carbocycles. The van der Waals surface area contributed by atoms with Crippen LogP contribution in [-0.2, 0) is 47.6 Å². The summed E-state index contributed by atoms with van der Waals surface area (Å²) < 4.78 is 11.0. The molecule has 0 atom stereocenters. The second-order valence-corrected chi connectivity index (χ2v) is 5.86. The van der Waals surface area contributed by atoms with Crippen LogP contribution in [0.1, 0.15) is 0 Å². The molecule has 3 nitrogen and oxygen atoms in total. The molecule has 0 aromatic heterocycles. The summed E-state index contributed by atoms with van der Waals surface area (Å²) in [6.07, 6.45) is 0. The number of nitrogens with zero attached hydrogens (tertiary/aromatic N) is 1. The van der Waals surface area contributed by atoms with Gasteiger partial charge in [-0.2, -0.15) is 0 Å². The average molecular weight is 530 g/mol. The molecule has 2 rings (SSSR count). The zero-order valence-corrected chi connectivity index (χ0v) is 16.4. The summed E-state index contributed by atoms with van der Waals surface area (Å²) in [6, 6.07) is 19.4. The van der Waals surface area contributed by atoms with Crippen molar-refractivity contribution in [1.29, 1.82) is 0 Å². The minimum absolute atomic E-state index is 0. The Kier molecular flexibility index (Phi) is 10.6. The van der Waals surface area contributed by atoms with Crippen LogP contribution in [0.25, 0.3) is 0 Å². The summed E-state index contributed by atoms with van der Waals surface area (Å²) in [5.41, 5.74) is 0. The van der Waals surface area contributed by atoms with Gasteiger partial charge in [0, 0.05) is 35.5 Å². The molecule has 0 bridgehead atoms. The Hall–Kier alpha value is -0.560. The van der Waals surface area contributed by atoms with Crippen molar-refractivity contribution in [3.8, 4) is 11.5 Å². The van der Waals surface area contributed by atoms with Gasteiger partial charge in [0.1, 0.15) is 24.7 Å². The second kappa shape index (κ2) is 11.9. The molecule has 0 spiro atoms. The van der Waals surface area contributed by atoms with E-state index in [1.54, 1.807) is 0 Å². The number of benzene rings is 2. The first-order valence-electron chi connectivity index (χ1n) is 7.17. The van der Waals surface area contributed by atoms with Gasteiger partial charge in [0.05, 0.1) is 0 Å². The van der Waals surface area contributed by atoms with Gasteiger partial charge in [-0.25, -0.2) is 4.71 Å². The van der Waals surface area contributed by atoms with E-state index in [2.05, 4.69) is 0 Å². The molecule has 0 N–H and O–H groups in total. The molecule has 0 aliphatic heterocycles. The van der Waals surface area contributed by atoms with E-state index >= 15 is 0 Å². The molecule has 2 aromatic rings. The Morgan fingerprint density at radius 3 is 1.48 bits per heavy atom. The first-order chi connectivity index (χ1) is 10.8. The molecule has 0 aliphatic rings. The molecule has 129 valence electrons. The SMILES string of the molecule is [Au].[S-]C([S-])N(CCOc1ccccc1)CCOc1ccccc1. The second-order valence-electron chi connectivity index (χ2n) is 4.67. The van der Waals surface area contributed by atoms with E-state index in [-0.39, 0.29) is 27.1 Å². The van der Waals surface area contributed by atoms with Gasteiger partial charge in [-0.15, -0.1) is 0 Å². The van der Waals surface area contributed by atoms with Crippen molar-refractivity contribution >= 4 is 25.3 Å². The maximum absolute atomic E-state index is 5.68. The van der Waals surface area contributed by atoms with E-state index in [1.807, 2.05) is 65.6 Å². The Balaban J connectivity index is 0.00000264. The first-order valence-corrected chi connectivity index (χ1v) is 8.11. The molecule has 6 heteroatoms. The third-order valence-corrected chi connectivity index (χ3v) is 3.68. The van der Waals surface area contributed by atoms with Crippen LogP contribution in [0.5, 0.6) is 11.5 Å². The fraction of sp³-hybridized carbons (Fsp3) is 0.294. The van der Waals surface area contributed by atoms with Crippen LogP contribution in [0.2, 0.25) is 0 Å². The van der Waals surface area contributed by atoms with Gasteiger partial charge in [0.2, 0.25) is 0 Å². The standard InChI is InChI=1S/C17H21NO2S2.Au/c21-17(22)18(11-13-19-15-7-3-1-4-8-15)12-14-20-16-9-5-2-6-10-16;/h1-10,17,21-22H,11-14H2;/p-2. The number of ether oxygens (including phenoxy) is 2. The number of hydrogen-bond acceptors (Lipinski definition) is 5. The third-order valence-electron chi connectivity index (χ3n) is 3.08. The summed E-state index contributed by atoms with van der Waals surface area (Å²) in [4.78, 5) is 2.00. The molecule has 0 aliphatic carbocycles. The molecule has 23 heavy (non-hydrogen) atoms. The van der Waals surface area contributed by atoms with Gasteiger partial charge in [-0.05, 0) is 24.3 Å². The van der Waals surface area contributed by atoms with Crippen LogP contribution in [0.3, 0.4) is 0 Å². The van der Waals surface area contributed by atoms with Crippen LogP contribution in [0, 0.1) is 0 Å². The zero-order valence-electron chi connectivity index (χ0n) is 12.6. The fourth-order valence-electron chi connectivity index (χ4n) is 1.92. The van der Waals surface area contributed by atoms with E-state index in [9.17, 15) is 0 Å². The quantitative estimate of drug-likeness (QED) is 0.367. The molecular weight excluding hydrogens is 511 g/mol. The van der Waals surface area contributed by atoms with Crippen LogP contribution >= 0.6 is 0 Å². The van der Waals surface area contributed by atoms with Crippen molar-refractivity contribution < 1.29 is 31.9 Å². The van der Waals surface area contributed by atoms with Crippen LogP contribution < -0.4 is 9.47 Å². The maximum Gasteiger partial charge on any atom is 0.119 e. The zero-order chi connectivity index (χ0) is 15.6. The average Bonchev–Trinajstić information content (AvgIpc) is 2.55. The molecule has 0 amide bonds. The summed E-state index contributed by atoms with van der Waals surface area (Å²) >= 11 is 10.4. The van der Waals surface area contributed by atoms with E-state index < -0.39 is 0 Å². The summed E-state index contributed by atoms with van der Waals surface area (Å²) in [7, 11) is 0. The van der Waals surface area contributed by atoms with Crippen molar-refractivity contribution in [2.24, 2.45) is 0 Å². The fourth-order valence-corrected chi connectivity index (χ4v) is 2.34. The monoisotopic (exact) mass is 530 g/mol. The summed E-state index contributed by atoms with van der Waals surface area (Å²) in [6.45, 7) is 2.48. The number of hydrogen-bond donors (Lipinski definition) is 0. The molecule has 0 heterocycles. The largest absolute Gasteiger partial charge is 0.800 e. The minimum atomic E-state index is -0.362. The molecule has 0 fully saturated rings. The van der Waals surface area contributed by atoms with Gasteiger partial charge < -0.3 is 39.6 Å². The normalized spacial score (nSPS) is 10.4. The van der Waals surface area contributed by atoms with Crippen molar-refractivity contribution in [2.45, 2.75) is 4.71 Å². The van der Waals surface area contributed by atoms with Crippen LogP contribution in [0.15, 0.2) is 60.7 Å². The Morgan fingerprint density at radius 1 is 0.739 bits per heavy atom. The Morgan fingerprint density at radius 2 is 1.13 bits per heavy atom. The van der Waals surface area contributed by atoms with Crippen LogP contribution in [-0.4, -0.2) is 35.9 Å². The minimum Gasteiger partial charge on any atom is -0.800 e. The van der Waals surface area contributed by atoms with Gasteiger partial charge in [0.25, 0.3) is 0 Å². The van der Waals surface area contributed by atoms with E-state index in [4.69, 9.17) is 34.7 Å². The molecule has 0 saturated heterocycles. The molecule has 1 radical (unpaired) electrons.